The van der Waals surface area contributed by atoms with E-state index < -0.39 is 17.3 Å². The summed E-state index contributed by atoms with van der Waals surface area (Å²) in [6.07, 6.45) is 4.20. The third-order valence-electron chi connectivity index (χ3n) is 4.35. The van der Waals surface area contributed by atoms with Crippen LogP contribution >= 0.6 is 34.8 Å². The van der Waals surface area contributed by atoms with Crippen LogP contribution in [0.5, 0.6) is 0 Å². The van der Waals surface area contributed by atoms with Crippen molar-refractivity contribution in [3.05, 3.63) is 108 Å². The standard InChI is InChI=1S/C20H13Cl3N6O2/c21-12-4-2-11(3-5-12)18(28-19-24-6-1-7-25-19)17-14(22)8-13(9-15(17)23)29-20(31)27-16(30)10-26-29/h1-10,18H,(H,24,25,28)(H,27,30,31). The Morgan fingerprint density at radius 1 is 0.968 bits per heavy atom. The minimum atomic E-state index is -0.711. The number of aromatic amines is 1. The molecule has 0 aliphatic rings. The first-order valence-corrected chi connectivity index (χ1v) is 10.0. The first-order valence-electron chi connectivity index (χ1n) is 8.89. The predicted octanol–water partition coefficient (Wildman–Crippen LogP) is 3.87. The highest BCUT2D eigenvalue weighted by Crippen LogP contribution is 2.37. The van der Waals surface area contributed by atoms with Crippen molar-refractivity contribution in [1.29, 1.82) is 0 Å². The number of benzene rings is 2. The van der Waals surface area contributed by atoms with Crippen LogP contribution in [0.25, 0.3) is 5.69 Å². The van der Waals surface area contributed by atoms with Gasteiger partial charge in [0, 0.05) is 33.0 Å². The van der Waals surface area contributed by atoms with Crippen LogP contribution in [0.3, 0.4) is 0 Å². The Morgan fingerprint density at radius 2 is 1.61 bits per heavy atom. The van der Waals surface area contributed by atoms with Crippen LogP contribution in [-0.4, -0.2) is 24.7 Å². The maximum atomic E-state index is 12.1. The summed E-state index contributed by atoms with van der Waals surface area (Å²) in [4.78, 5) is 33.9. The van der Waals surface area contributed by atoms with Gasteiger partial charge in [-0.2, -0.15) is 9.78 Å². The van der Waals surface area contributed by atoms with Gasteiger partial charge < -0.3 is 5.32 Å². The van der Waals surface area contributed by atoms with E-state index in [0.29, 0.717) is 22.2 Å². The topological polar surface area (TPSA) is 106 Å². The van der Waals surface area contributed by atoms with Crippen LogP contribution in [-0.2, 0) is 0 Å². The average molecular weight is 476 g/mol. The Balaban J connectivity index is 1.83. The largest absolute Gasteiger partial charge is 0.349 e. The van der Waals surface area contributed by atoms with Gasteiger partial charge in [-0.1, -0.05) is 46.9 Å². The Hall–Kier alpha value is -3.20. The molecule has 2 heterocycles. The van der Waals surface area contributed by atoms with E-state index in [0.717, 1.165) is 16.4 Å². The van der Waals surface area contributed by atoms with E-state index in [1.807, 2.05) is 12.1 Å². The zero-order chi connectivity index (χ0) is 22.0. The highest BCUT2D eigenvalue weighted by atomic mass is 35.5. The summed E-state index contributed by atoms with van der Waals surface area (Å²) in [6.45, 7) is 0. The van der Waals surface area contributed by atoms with E-state index in [-0.39, 0.29) is 10.0 Å². The van der Waals surface area contributed by atoms with Crippen LogP contribution in [0.2, 0.25) is 15.1 Å². The summed E-state index contributed by atoms with van der Waals surface area (Å²) < 4.78 is 0.994. The summed E-state index contributed by atoms with van der Waals surface area (Å²) in [7, 11) is 0. The molecule has 156 valence electrons. The summed E-state index contributed by atoms with van der Waals surface area (Å²) >= 11 is 19.2. The van der Waals surface area contributed by atoms with Crippen LogP contribution in [0.15, 0.2) is 70.6 Å². The molecule has 0 saturated heterocycles. The van der Waals surface area contributed by atoms with Gasteiger partial charge in [0.05, 0.1) is 11.7 Å². The normalized spacial score (nSPS) is 11.8. The van der Waals surface area contributed by atoms with Crippen molar-refractivity contribution >= 4 is 40.8 Å². The van der Waals surface area contributed by atoms with Gasteiger partial charge in [-0.15, -0.1) is 0 Å². The average Bonchev–Trinajstić information content (AvgIpc) is 2.74. The van der Waals surface area contributed by atoms with E-state index in [4.69, 9.17) is 34.8 Å². The molecule has 0 aliphatic heterocycles. The third kappa shape index (κ3) is 4.61. The smallest absolute Gasteiger partial charge is 0.343 e. The number of H-pyrrole nitrogens is 1. The van der Waals surface area contributed by atoms with Crippen molar-refractivity contribution < 1.29 is 0 Å². The van der Waals surface area contributed by atoms with Gasteiger partial charge in [0.1, 0.15) is 6.20 Å². The van der Waals surface area contributed by atoms with Gasteiger partial charge in [-0.25, -0.2) is 14.8 Å². The van der Waals surface area contributed by atoms with Gasteiger partial charge in [-0.05, 0) is 35.9 Å². The van der Waals surface area contributed by atoms with E-state index in [1.54, 1.807) is 30.6 Å². The van der Waals surface area contributed by atoms with Crippen LogP contribution in [0.4, 0.5) is 5.95 Å². The van der Waals surface area contributed by atoms with E-state index >= 15 is 0 Å². The molecule has 11 heteroatoms. The zero-order valence-electron chi connectivity index (χ0n) is 15.6. The molecule has 0 amide bonds. The minimum Gasteiger partial charge on any atom is -0.343 e. The molecule has 0 spiro atoms. The SMILES string of the molecule is O=c1cnn(-c2cc(Cl)c(C(Nc3ncccn3)c3ccc(Cl)cc3)c(Cl)c2)c(=O)[nH]1. The number of hydrogen-bond acceptors (Lipinski definition) is 6. The number of anilines is 1. The number of halogens is 3. The molecule has 4 aromatic rings. The van der Waals surface area contributed by atoms with Gasteiger partial charge in [0.25, 0.3) is 5.56 Å². The molecule has 0 saturated carbocycles. The monoisotopic (exact) mass is 474 g/mol. The quantitative estimate of drug-likeness (QED) is 0.454. The molecule has 4 rings (SSSR count). The van der Waals surface area contributed by atoms with Crippen molar-refractivity contribution in [3.63, 3.8) is 0 Å². The van der Waals surface area contributed by atoms with Crippen LogP contribution in [0.1, 0.15) is 17.2 Å². The lowest BCUT2D eigenvalue weighted by atomic mass is 9.98. The number of nitrogens with zero attached hydrogens (tertiary/aromatic N) is 4. The number of nitrogens with one attached hydrogen (secondary N) is 2. The second kappa shape index (κ2) is 8.89. The van der Waals surface area contributed by atoms with Gasteiger partial charge in [-0.3, -0.25) is 9.78 Å². The van der Waals surface area contributed by atoms with Crippen LogP contribution in [0, 0.1) is 0 Å². The number of aromatic nitrogens is 5. The van der Waals surface area contributed by atoms with Gasteiger partial charge >= 0.3 is 5.69 Å². The Labute approximate surface area is 190 Å². The molecule has 31 heavy (non-hydrogen) atoms. The highest BCUT2D eigenvalue weighted by molar-refractivity contribution is 6.36. The molecule has 0 radical (unpaired) electrons. The molecule has 1 atom stereocenters. The maximum absolute atomic E-state index is 12.1. The van der Waals surface area contributed by atoms with Crippen molar-refractivity contribution in [1.82, 2.24) is 24.7 Å². The van der Waals surface area contributed by atoms with Crippen molar-refractivity contribution in [2.45, 2.75) is 6.04 Å². The fourth-order valence-electron chi connectivity index (χ4n) is 2.99. The van der Waals surface area contributed by atoms with E-state index in [9.17, 15) is 9.59 Å². The Kier molecular flexibility index (Phi) is 6.03. The van der Waals surface area contributed by atoms with E-state index in [2.05, 4.69) is 25.4 Å². The summed E-state index contributed by atoms with van der Waals surface area (Å²) in [5.74, 6) is 0.372. The number of rotatable bonds is 5. The second-order valence-electron chi connectivity index (χ2n) is 6.38. The zero-order valence-corrected chi connectivity index (χ0v) is 17.9. The lowest BCUT2D eigenvalue weighted by Crippen LogP contribution is -2.30. The summed E-state index contributed by atoms with van der Waals surface area (Å²) in [5, 5.41) is 8.17. The van der Waals surface area contributed by atoms with Crippen molar-refractivity contribution in [2.75, 3.05) is 5.32 Å². The molecular weight excluding hydrogens is 463 g/mol. The lowest BCUT2D eigenvalue weighted by molar-refractivity contribution is 0.749. The molecule has 2 aromatic carbocycles. The van der Waals surface area contributed by atoms with Crippen LogP contribution < -0.4 is 16.6 Å². The first-order chi connectivity index (χ1) is 14.9. The molecule has 0 aliphatic carbocycles. The Bertz CT molecular complexity index is 1320. The molecule has 2 N–H and O–H groups in total. The lowest BCUT2D eigenvalue weighted by Gasteiger charge is -2.22. The molecular formula is C20H13Cl3N6O2. The molecule has 8 nitrogen and oxygen atoms in total. The molecule has 1 unspecified atom stereocenters. The molecule has 0 fully saturated rings. The minimum absolute atomic E-state index is 0.269. The first kappa shape index (κ1) is 21.0. The van der Waals surface area contributed by atoms with Gasteiger partial charge in [0.2, 0.25) is 5.95 Å². The fraction of sp³-hybridized carbons (Fsp3) is 0.0500. The Morgan fingerprint density at radius 3 is 2.23 bits per heavy atom. The van der Waals surface area contributed by atoms with Crippen molar-refractivity contribution in [2.24, 2.45) is 0 Å². The molecule has 0 bridgehead atoms. The maximum Gasteiger partial charge on any atom is 0.349 e. The highest BCUT2D eigenvalue weighted by Gasteiger charge is 2.23. The molecule has 2 aromatic heterocycles. The third-order valence-corrected chi connectivity index (χ3v) is 5.23. The number of hydrogen-bond donors (Lipinski definition) is 2. The predicted molar refractivity (Wildman–Crippen MR) is 119 cm³/mol. The second-order valence-corrected chi connectivity index (χ2v) is 7.63. The van der Waals surface area contributed by atoms with Gasteiger partial charge in [0.15, 0.2) is 0 Å². The van der Waals surface area contributed by atoms with Crippen molar-refractivity contribution in [3.8, 4) is 5.69 Å². The summed E-state index contributed by atoms with van der Waals surface area (Å²) in [6, 6.07) is 11.4. The van der Waals surface area contributed by atoms with E-state index in [1.165, 1.54) is 12.1 Å². The summed E-state index contributed by atoms with van der Waals surface area (Å²) in [5.41, 5.74) is 0.334. The fourth-order valence-corrected chi connectivity index (χ4v) is 3.81.